The van der Waals surface area contributed by atoms with Gasteiger partial charge in [0.15, 0.2) is 0 Å². The molecular weight excluding hydrogens is 405 g/mol. The Bertz CT molecular complexity index is 925. The Morgan fingerprint density at radius 3 is 1.58 bits per heavy atom. The highest BCUT2D eigenvalue weighted by molar-refractivity contribution is 14.1. The van der Waals surface area contributed by atoms with Crippen LogP contribution in [0.5, 0.6) is 0 Å². The maximum atomic E-state index is 2.41. The molecule has 0 radical (unpaired) electrons. The van der Waals surface area contributed by atoms with E-state index in [2.05, 4.69) is 125 Å². The highest BCUT2D eigenvalue weighted by Gasteiger charge is 2.15. The number of fused-ring (bicyclic) bond motifs is 1. The van der Waals surface area contributed by atoms with Crippen LogP contribution in [0.4, 0.5) is 17.1 Å². The van der Waals surface area contributed by atoms with Crippen molar-refractivity contribution in [2.45, 2.75) is 0 Å². The molecular formula is C22H16IN. The van der Waals surface area contributed by atoms with E-state index in [1.54, 1.807) is 0 Å². The van der Waals surface area contributed by atoms with E-state index in [1.165, 1.54) is 20.0 Å². The maximum Gasteiger partial charge on any atom is 0.0540 e. The summed E-state index contributed by atoms with van der Waals surface area (Å²) >= 11 is 2.41. The van der Waals surface area contributed by atoms with Crippen molar-refractivity contribution < 1.29 is 0 Å². The molecule has 0 atom stereocenters. The summed E-state index contributed by atoms with van der Waals surface area (Å²) < 4.78 is 1.27. The molecule has 24 heavy (non-hydrogen) atoms. The zero-order valence-corrected chi connectivity index (χ0v) is 15.2. The SMILES string of the molecule is Ic1ccc(N(c2ccccc2)c2ccccc2)c2ccccc12. The van der Waals surface area contributed by atoms with Gasteiger partial charge in [0.1, 0.15) is 0 Å². The van der Waals surface area contributed by atoms with Crippen LogP contribution in [0, 0.1) is 3.57 Å². The number of nitrogens with zero attached hydrogens (tertiary/aromatic N) is 1. The molecule has 0 aromatic heterocycles. The molecule has 0 spiro atoms. The summed E-state index contributed by atoms with van der Waals surface area (Å²) in [4.78, 5) is 2.32. The van der Waals surface area contributed by atoms with Crippen molar-refractivity contribution in [3.05, 3.63) is 101 Å². The molecule has 4 aromatic carbocycles. The summed E-state index contributed by atoms with van der Waals surface area (Å²) in [5.74, 6) is 0. The van der Waals surface area contributed by atoms with Crippen molar-refractivity contribution in [1.82, 2.24) is 0 Å². The molecule has 0 bridgehead atoms. The van der Waals surface area contributed by atoms with Crippen molar-refractivity contribution in [2.75, 3.05) is 4.90 Å². The number of halogens is 1. The van der Waals surface area contributed by atoms with Crippen LogP contribution in [0.15, 0.2) is 97.1 Å². The molecule has 2 heteroatoms. The highest BCUT2D eigenvalue weighted by Crippen LogP contribution is 2.39. The van der Waals surface area contributed by atoms with E-state index in [1.807, 2.05) is 0 Å². The Kier molecular flexibility index (Phi) is 4.22. The van der Waals surface area contributed by atoms with Crippen LogP contribution < -0.4 is 4.90 Å². The monoisotopic (exact) mass is 421 g/mol. The summed E-state index contributed by atoms with van der Waals surface area (Å²) in [6.07, 6.45) is 0. The van der Waals surface area contributed by atoms with E-state index in [0.717, 1.165) is 11.4 Å². The van der Waals surface area contributed by atoms with Crippen molar-refractivity contribution in [3.8, 4) is 0 Å². The van der Waals surface area contributed by atoms with Crippen LogP contribution >= 0.6 is 22.6 Å². The summed E-state index contributed by atoms with van der Waals surface area (Å²) in [5.41, 5.74) is 3.52. The van der Waals surface area contributed by atoms with Crippen molar-refractivity contribution >= 4 is 50.4 Å². The molecule has 4 aromatic rings. The minimum absolute atomic E-state index is 1.16. The lowest BCUT2D eigenvalue weighted by atomic mass is 10.1. The third-order valence-corrected chi connectivity index (χ3v) is 5.06. The zero-order chi connectivity index (χ0) is 16.4. The molecule has 0 aliphatic rings. The van der Waals surface area contributed by atoms with E-state index in [4.69, 9.17) is 0 Å². The van der Waals surface area contributed by atoms with Gasteiger partial charge in [-0.05, 0) is 64.4 Å². The Balaban J connectivity index is 2.00. The summed E-state index contributed by atoms with van der Waals surface area (Å²) in [5, 5.41) is 2.55. The van der Waals surface area contributed by atoms with Crippen LogP contribution in [-0.2, 0) is 0 Å². The topological polar surface area (TPSA) is 3.24 Å². The number of anilines is 3. The first kappa shape index (κ1) is 15.2. The van der Waals surface area contributed by atoms with Crippen molar-refractivity contribution in [3.63, 3.8) is 0 Å². The van der Waals surface area contributed by atoms with Gasteiger partial charge in [-0.15, -0.1) is 0 Å². The standard InChI is InChI=1S/C22H16IN/c23-21-15-16-22(20-14-8-7-13-19(20)21)24(17-9-3-1-4-10-17)18-11-5-2-6-12-18/h1-16H. The molecule has 1 nitrogen and oxygen atoms in total. The molecule has 0 unspecified atom stereocenters. The van der Waals surface area contributed by atoms with Crippen molar-refractivity contribution in [2.24, 2.45) is 0 Å². The van der Waals surface area contributed by atoms with Gasteiger partial charge in [-0.1, -0.05) is 60.7 Å². The Hall–Kier alpha value is -2.33. The minimum Gasteiger partial charge on any atom is -0.310 e. The molecule has 0 fully saturated rings. The largest absolute Gasteiger partial charge is 0.310 e. The molecule has 4 rings (SSSR count). The molecule has 0 saturated carbocycles. The number of hydrogen-bond donors (Lipinski definition) is 0. The third-order valence-electron chi connectivity index (χ3n) is 4.12. The molecule has 0 aliphatic heterocycles. The van der Waals surface area contributed by atoms with Gasteiger partial charge in [0.25, 0.3) is 0 Å². The van der Waals surface area contributed by atoms with Gasteiger partial charge in [0, 0.05) is 20.3 Å². The average Bonchev–Trinajstić information content (AvgIpc) is 2.66. The number of hydrogen-bond acceptors (Lipinski definition) is 1. The number of benzene rings is 4. The van der Waals surface area contributed by atoms with Gasteiger partial charge >= 0.3 is 0 Å². The molecule has 0 amide bonds. The Labute approximate surface area is 155 Å². The van der Waals surface area contributed by atoms with Crippen LogP contribution in [0.2, 0.25) is 0 Å². The quantitative estimate of drug-likeness (QED) is 0.325. The van der Waals surface area contributed by atoms with Gasteiger partial charge in [-0.25, -0.2) is 0 Å². The number of para-hydroxylation sites is 2. The first-order valence-electron chi connectivity index (χ1n) is 7.92. The predicted molar refractivity (Wildman–Crippen MR) is 111 cm³/mol. The first-order chi connectivity index (χ1) is 11.8. The van der Waals surface area contributed by atoms with Gasteiger partial charge in [-0.3, -0.25) is 0 Å². The second-order valence-corrected chi connectivity index (χ2v) is 6.78. The molecule has 0 N–H and O–H groups in total. The van der Waals surface area contributed by atoms with Gasteiger partial charge in [0.2, 0.25) is 0 Å². The lowest BCUT2D eigenvalue weighted by molar-refractivity contribution is 1.30. The smallest absolute Gasteiger partial charge is 0.0540 e. The fraction of sp³-hybridized carbons (Fsp3) is 0. The van der Waals surface area contributed by atoms with Gasteiger partial charge < -0.3 is 4.90 Å². The average molecular weight is 421 g/mol. The molecule has 0 heterocycles. The number of rotatable bonds is 3. The summed E-state index contributed by atoms with van der Waals surface area (Å²) in [6, 6.07) is 34.1. The highest BCUT2D eigenvalue weighted by atomic mass is 127. The molecule has 0 saturated heterocycles. The van der Waals surface area contributed by atoms with E-state index in [9.17, 15) is 0 Å². The van der Waals surface area contributed by atoms with Crippen molar-refractivity contribution in [1.29, 1.82) is 0 Å². The second kappa shape index (κ2) is 6.65. The van der Waals surface area contributed by atoms with Crippen LogP contribution in [0.1, 0.15) is 0 Å². The van der Waals surface area contributed by atoms with Crippen LogP contribution in [0.25, 0.3) is 10.8 Å². The maximum absolute atomic E-state index is 2.41. The fourth-order valence-electron chi connectivity index (χ4n) is 3.02. The van der Waals surface area contributed by atoms with E-state index < -0.39 is 0 Å². The lowest BCUT2D eigenvalue weighted by Crippen LogP contribution is -2.10. The zero-order valence-electron chi connectivity index (χ0n) is 13.1. The predicted octanol–water partition coefficient (Wildman–Crippen LogP) is 6.91. The van der Waals surface area contributed by atoms with E-state index in [0.29, 0.717) is 0 Å². The third kappa shape index (κ3) is 2.78. The lowest BCUT2D eigenvalue weighted by Gasteiger charge is -2.27. The second-order valence-electron chi connectivity index (χ2n) is 5.62. The molecule has 116 valence electrons. The first-order valence-corrected chi connectivity index (χ1v) is 9.00. The summed E-state index contributed by atoms with van der Waals surface area (Å²) in [7, 11) is 0. The normalized spacial score (nSPS) is 10.7. The van der Waals surface area contributed by atoms with Gasteiger partial charge in [-0.2, -0.15) is 0 Å². The van der Waals surface area contributed by atoms with E-state index >= 15 is 0 Å². The fourth-order valence-corrected chi connectivity index (χ4v) is 3.67. The Morgan fingerprint density at radius 2 is 1.00 bits per heavy atom. The van der Waals surface area contributed by atoms with Crippen LogP contribution in [0.3, 0.4) is 0 Å². The minimum atomic E-state index is 1.16. The van der Waals surface area contributed by atoms with Crippen LogP contribution in [-0.4, -0.2) is 0 Å². The Morgan fingerprint density at radius 1 is 0.500 bits per heavy atom. The molecule has 0 aliphatic carbocycles. The van der Waals surface area contributed by atoms with E-state index in [-0.39, 0.29) is 0 Å². The summed E-state index contributed by atoms with van der Waals surface area (Å²) in [6.45, 7) is 0. The van der Waals surface area contributed by atoms with Gasteiger partial charge in [0.05, 0.1) is 5.69 Å².